The Morgan fingerprint density at radius 1 is 1.35 bits per heavy atom. The number of methoxy groups -OCH3 is 1. The van der Waals surface area contributed by atoms with Gasteiger partial charge in [-0.25, -0.2) is 4.79 Å². The second kappa shape index (κ2) is 6.75. The zero-order valence-corrected chi connectivity index (χ0v) is 11.9. The zero-order chi connectivity index (χ0) is 15.3. The number of aromatic hydroxyl groups is 1. The van der Waals surface area contributed by atoms with Crippen molar-refractivity contribution in [1.29, 1.82) is 0 Å². The van der Waals surface area contributed by atoms with Crippen LogP contribution in [-0.4, -0.2) is 24.1 Å². The Labute approximate surface area is 118 Å². The first-order chi connectivity index (χ1) is 9.36. The maximum absolute atomic E-state index is 11.6. The van der Waals surface area contributed by atoms with Crippen molar-refractivity contribution in [3.8, 4) is 5.75 Å². The van der Waals surface area contributed by atoms with Crippen molar-refractivity contribution in [2.24, 2.45) is 0 Å². The van der Waals surface area contributed by atoms with Crippen LogP contribution in [0.1, 0.15) is 36.2 Å². The van der Waals surface area contributed by atoms with Crippen LogP contribution >= 0.6 is 0 Å². The molecule has 0 unspecified atom stereocenters. The van der Waals surface area contributed by atoms with Crippen molar-refractivity contribution < 1.29 is 19.4 Å². The highest BCUT2D eigenvalue weighted by molar-refractivity contribution is 5.96. The number of amides is 1. The molecule has 5 heteroatoms. The molecule has 0 aliphatic heterocycles. The highest BCUT2D eigenvalue weighted by Gasteiger charge is 2.18. The third-order valence-corrected chi connectivity index (χ3v) is 2.80. The molecule has 0 atom stereocenters. The second-order valence-corrected chi connectivity index (χ2v) is 4.62. The zero-order valence-electron chi connectivity index (χ0n) is 11.9. The first kappa shape index (κ1) is 15.8. The minimum atomic E-state index is -0.617. The number of phenolic OH excluding ortho intramolecular Hbond substituents is 1. The lowest BCUT2D eigenvalue weighted by atomic mass is 10.00. The number of nitrogens with one attached hydrogen (secondary N) is 1. The fraction of sp³-hybridized carbons (Fsp3) is 0.333. The topological polar surface area (TPSA) is 75.6 Å². The molecule has 0 spiro atoms. The summed E-state index contributed by atoms with van der Waals surface area (Å²) in [6, 6.07) is 3.01. The summed E-state index contributed by atoms with van der Waals surface area (Å²) in [5, 5.41) is 12.9. The molecule has 20 heavy (non-hydrogen) atoms. The van der Waals surface area contributed by atoms with E-state index < -0.39 is 5.97 Å². The summed E-state index contributed by atoms with van der Waals surface area (Å²) in [4.78, 5) is 22.8. The lowest BCUT2D eigenvalue weighted by Gasteiger charge is -2.14. The van der Waals surface area contributed by atoms with Gasteiger partial charge in [-0.15, -0.1) is 6.58 Å². The molecule has 0 saturated heterocycles. The Morgan fingerprint density at radius 3 is 2.50 bits per heavy atom. The molecule has 0 radical (unpaired) electrons. The standard InChI is InChI=1S/C15H19NO4/c1-9(2)5-6-11-13(16-10(3)17)8-7-12(14(11)18)15(19)20-4/h7-8,18H,1,5-6H2,2-4H3,(H,16,17). The van der Waals surface area contributed by atoms with Gasteiger partial charge < -0.3 is 15.2 Å². The molecule has 0 bridgehead atoms. The van der Waals surface area contributed by atoms with Crippen molar-refractivity contribution in [3.05, 3.63) is 35.4 Å². The normalized spacial score (nSPS) is 9.95. The predicted octanol–water partition coefficient (Wildman–Crippen LogP) is 2.65. The van der Waals surface area contributed by atoms with Gasteiger partial charge in [0.2, 0.25) is 5.91 Å². The van der Waals surface area contributed by atoms with Gasteiger partial charge >= 0.3 is 5.97 Å². The summed E-state index contributed by atoms with van der Waals surface area (Å²) in [6.45, 7) is 7.06. The van der Waals surface area contributed by atoms with Gasteiger partial charge in [0.15, 0.2) is 0 Å². The number of phenols is 1. The first-order valence-corrected chi connectivity index (χ1v) is 6.22. The average molecular weight is 277 g/mol. The Hall–Kier alpha value is -2.30. The molecule has 0 aliphatic rings. The SMILES string of the molecule is C=C(C)CCc1c(NC(C)=O)ccc(C(=O)OC)c1O. The number of carbonyl (C=O) groups is 2. The Morgan fingerprint density at radius 2 is 2.00 bits per heavy atom. The van der Waals surface area contributed by atoms with E-state index in [1.54, 1.807) is 6.07 Å². The molecular formula is C15H19NO4. The molecule has 0 aliphatic carbocycles. The van der Waals surface area contributed by atoms with E-state index in [-0.39, 0.29) is 17.2 Å². The van der Waals surface area contributed by atoms with Crippen LogP contribution in [0.2, 0.25) is 0 Å². The van der Waals surface area contributed by atoms with Gasteiger partial charge in [0.1, 0.15) is 11.3 Å². The number of hydrogen-bond donors (Lipinski definition) is 2. The van der Waals surface area contributed by atoms with E-state index >= 15 is 0 Å². The van der Waals surface area contributed by atoms with Crippen molar-refractivity contribution in [3.63, 3.8) is 0 Å². The van der Waals surface area contributed by atoms with Crippen LogP contribution in [0.4, 0.5) is 5.69 Å². The Kier molecular flexibility index (Phi) is 5.32. The molecular weight excluding hydrogens is 258 g/mol. The highest BCUT2D eigenvalue weighted by Crippen LogP contribution is 2.32. The van der Waals surface area contributed by atoms with E-state index in [0.717, 1.165) is 5.57 Å². The number of benzene rings is 1. The predicted molar refractivity (Wildman–Crippen MR) is 76.9 cm³/mol. The van der Waals surface area contributed by atoms with Crippen molar-refractivity contribution in [2.75, 3.05) is 12.4 Å². The van der Waals surface area contributed by atoms with E-state index in [2.05, 4.69) is 16.6 Å². The Balaban J connectivity index is 3.25. The van der Waals surface area contributed by atoms with E-state index in [4.69, 9.17) is 0 Å². The van der Waals surface area contributed by atoms with Gasteiger partial charge in [0, 0.05) is 18.2 Å². The minimum Gasteiger partial charge on any atom is -0.507 e. The highest BCUT2D eigenvalue weighted by atomic mass is 16.5. The van der Waals surface area contributed by atoms with Crippen LogP contribution in [0.25, 0.3) is 0 Å². The molecule has 0 fully saturated rings. The molecule has 1 aromatic carbocycles. The van der Waals surface area contributed by atoms with Gasteiger partial charge in [-0.2, -0.15) is 0 Å². The van der Waals surface area contributed by atoms with Crippen LogP contribution in [0, 0.1) is 0 Å². The molecule has 0 saturated carbocycles. The van der Waals surface area contributed by atoms with Crippen molar-refractivity contribution in [2.45, 2.75) is 26.7 Å². The number of allylic oxidation sites excluding steroid dienone is 1. The lowest BCUT2D eigenvalue weighted by Crippen LogP contribution is -2.10. The summed E-state index contributed by atoms with van der Waals surface area (Å²) in [5.41, 5.74) is 2.02. The number of hydrogen-bond acceptors (Lipinski definition) is 4. The summed E-state index contributed by atoms with van der Waals surface area (Å²) in [6.07, 6.45) is 1.12. The van der Waals surface area contributed by atoms with Gasteiger partial charge in [0.05, 0.1) is 7.11 Å². The Bertz CT molecular complexity index is 549. The fourth-order valence-corrected chi connectivity index (χ4v) is 1.81. The van der Waals surface area contributed by atoms with E-state index in [1.807, 2.05) is 6.92 Å². The monoisotopic (exact) mass is 277 g/mol. The lowest BCUT2D eigenvalue weighted by molar-refractivity contribution is -0.114. The smallest absolute Gasteiger partial charge is 0.341 e. The number of carbonyl (C=O) groups excluding carboxylic acids is 2. The largest absolute Gasteiger partial charge is 0.507 e. The van der Waals surface area contributed by atoms with Crippen LogP contribution in [-0.2, 0) is 16.0 Å². The van der Waals surface area contributed by atoms with Gasteiger partial charge in [0.25, 0.3) is 0 Å². The molecule has 1 rings (SSSR count). The van der Waals surface area contributed by atoms with Gasteiger partial charge in [-0.1, -0.05) is 5.57 Å². The molecule has 0 heterocycles. The summed E-state index contributed by atoms with van der Waals surface area (Å²) in [7, 11) is 1.25. The average Bonchev–Trinajstić information content (AvgIpc) is 2.36. The number of anilines is 1. The third kappa shape index (κ3) is 3.85. The summed E-state index contributed by atoms with van der Waals surface area (Å²) >= 11 is 0. The summed E-state index contributed by atoms with van der Waals surface area (Å²) in [5.74, 6) is -1.02. The first-order valence-electron chi connectivity index (χ1n) is 6.22. The summed E-state index contributed by atoms with van der Waals surface area (Å²) < 4.78 is 4.61. The third-order valence-electron chi connectivity index (χ3n) is 2.80. The second-order valence-electron chi connectivity index (χ2n) is 4.62. The fourth-order valence-electron chi connectivity index (χ4n) is 1.81. The van der Waals surface area contributed by atoms with Crippen LogP contribution in [0.5, 0.6) is 5.75 Å². The number of esters is 1. The van der Waals surface area contributed by atoms with Gasteiger partial charge in [-0.3, -0.25) is 4.79 Å². The van der Waals surface area contributed by atoms with Crippen molar-refractivity contribution >= 4 is 17.6 Å². The molecule has 0 aromatic heterocycles. The van der Waals surface area contributed by atoms with E-state index in [1.165, 1.54) is 20.1 Å². The molecule has 108 valence electrons. The molecule has 5 nitrogen and oxygen atoms in total. The van der Waals surface area contributed by atoms with E-state index in [0.29, 0.717) is 24.1 Å². The van der Waals surface area contributed by atoms with Gasteiger partial charge in [-0.05, 0) is 31.9 Å². The van der Waals surface area contributed by atoms with E-state index in [9.17, 15) is 14.7 Å². The maximum atomic E-state index is 11.6. The van der Waals surface area contributed by atoms with Crippen LogP contribution in [0.15, 0.2) is 24.3 Å². The van der Waals surface area contributed by atoms with Crippen LogP contribution in [0.3, 0.4) is 0 Å². The molecule has 2 N–H and O–H groups in total. The van der Waals surface area contributed by atoms with Crippen LogP contribution < -0.4 is 5.32 Å². The number of rotatable bonds is 5. The minimum absolute atomic E-state index is 0.0818. The quantitative estimate of drug-likeness (QED) is 0.641. The van der Waals surface area contributed by atoms with Crippen molar-refractivity contribution in [1.82, 2.24) is 0 Å². The number of ether oxygens (including phenoxy) is 1. The maximum Gasteiger partial charge on any atom is 0.341 e. The molecule has 1 aromatic rings. The molecule has 1 amide bonds.